The van der Waals surface area contributed by atoms with E-state index in [1.165, 1.54) is 5.56 Å². The van der Waals surface area contributed by atoms with Crippen molar-refractivity contribution in [3.8, 4) is 11.5 Å². The fourth-order valence-corrected chi connectivity index (χ4v) is 2.95. The molecule has 0 spiro atoms. The third-order valence-corrected chi connectivity index (χ3v) is 4.51. The third-order valence-electron chi connectivity index (χ3n) is 4.23. The van der Waals surface area contributed by atoms with E-state index in [1.807, 2.05) is 44.2 Å². The van der Waals surface area contributed by atoms with Gasteiger partial charge in [-0.15, -0.1) is 0 Å². The van der Waals surface area contributed by atoms with Crippen LogP contribution in [-0.4, -0.2) is 21.5 Å². The van der Waals surface area contributed by atoms with Gasteiger partial charge in [0.2, 0.25) is 4.77 Å². The highest BCUT2D eigenvalue weighted by Crippen LogP contribution is 2.29. The van der Waals surface area contributed by atoms with Gasteiger partial charge >= 0.3 is 0 Å². The molecule has 0 atom stereocenters. The van der Waals surface area contributed by atoms with E-state index in [9.17, 15) is 0 Å². The zero-order valence-corrected chi connectivity index (χ0v) is 16.6. The number of nitrogens with one attached hydrogen (secondary N) is 2. The molecule has 0 saturated heterocycles. The van der Waals surface area contributed by atoms with E-state index >= 15 is 0 Å². The average Bonchev–Trinajstić information content (AvgIpc) is 2.98. The number of hydrogen-bond acceptors (Lipinski definition) is 5. The van der Waals surface area contributed by atoms with Crippen molar-refractivity contribution in [3.63, 3.8) is 0 Å². The smallest absolute Gasteiger partial charge is 0.214 e. The van der Waals surface area contributed by atoms with Crippen molar-refractivity contribution in [1.29, 1.82) is 0 Å². The SMILES string of the molecule is CCOc1cc(CNn2c(C)n[nH]c2=S)ccc1OCc1ccccc1C. The van der Waals surface area contributed by atoms with Crippen molar-refractivity contribution in [2.75, 3.05) is 12.0 Å². The second kappa shape index (κ2) is 8.73. The number of aromatic nitrogens is 3. The number of aryl methyl sites for hydroxylation is 2. The number of ether oxygens (including phenoxy) is 2. The van der Waals surface area contributed by atoms with E-state index in [0.717, 1.165) is 28.5 Å². The predicted molar refractivity (Wildman–Crippen MR) is 108 cm³/mol. The van der Waals surface area contributed by atoms with E-state index < -0.39 is 0 Å². The first kappa shape index (κ1) is 19.0. The van der Waals surface area contributed by atoms with Gasteiger partial charge in [-0.1, -0.05) is 30.3 Å². The summed E-state index contributed by atoms with van der Waals surface area (Å²) < 4.78 is 14.1. The fourth-order valence-electron chi connectivity index (χ4n) is 2.71. The molecule has 2 aromatic carbocycles. The Hall–Kier alpha value is -2.80. The summed E-state index contributed by atoms with van der Waals surface area (Å²) in [7, 11) is 0. The van der Waals surface area contributed by atoms with Crippen LogP contribution in [0.1, 0.15) is 29.4 Å². The van der Waals surface area contributed by atoms with Crippen LogP contribution in [0.5, 0.6) is 11.5 Å². The third kappa shape index (κ3) is 4.68. The molecule has 0 aliphatic rings. The van der Waals surface area contributed by atoms with Crippen LogP contribution in [0.15, 0.2) is 42.5 Å². The van der Waals surface area contributed by atoms with E-state index in [4.69, 9.17) is 21.7 Å². The van der Waals surface area contributed by atoms with Crippen LogP contribution in [-0.2, 0) is 13.2 Å². The second-order valence-corrected chi connectivity index (χ2v) is 6.56. The maximum absolute atomic E-state index is 6.02. The second-order valence-electron chi connectivity index (χ2n) is 6.18. The van der Waals surface area contributed by atoms with E-state index in [-0.39, 0.29) is 0 Å². The molecule has 1 heterocycles. The van der Waals surface area contributed by atoms with Crippen molar-refractivity contribution >= 4 is 12.2 Å². The first-order valence-electron chi connectivity index (χ1n) is 8.89. The number of aromatic amines is 1. The normalized spacial score (nSPS) is 10.6. The minimum atomic E-state index is 0.508. The van der Waals surface area contributed by atoms with Crippen molar-refractivity contribution in [2.45, 2.75) is 33.9 Å². The molecule has 142 valence electrons. The van der Waals surface area contributed by atoms with Gasteiger partial charge in [-0.3, -0.25) is 5.10 Å². The van der Waals surface area contributed by atoms with Crippen LogP contribution in [0.2, 0.25) is 0 Å². The quantitative estimate of drug-likeness (QED) is 0.568. The first-order valence-corrected chi connectivity index (χ1v) is 9.30. The summed E-state index contributed by atoms with van der Waals surface area (Å²) >= 11 is 5.21. The molecule has 3 rings (SSSR count). The molecule has 7 heteroatoms. The van der Waals surface area contributed by atoms with E-state index in [1.54, 1.807) is 4.68 Å². The van der Waals surface area contributed by atoms with Crippen molar-refractivity contribution in [3.05, 3.63) is 69.8 Å². The number of hydrogen-bond donors (Lipinski definition) is 2. The topological polar surface area (TPSA) is 64.1 Å². The highest BCUT2D eigenvalue weighted by Gasteiger charge is 2.09. The Balaban J connectivity index is 1.72. The van der Waals surface area contributed by atoms with Crippen molar-refractivity contribution in [1.82, 2.24) is 14.9 Å². The van der Waals surface area contributed by atoms with Gasteiger partial charge in [0.1, 0.15) is 12.4 Å². The Morgan fingerprint density at radius 2 is 1.93 bits per heavy atom. The number of nitrogens with zero attached hydrogens (tertiary/aromatic N) is 2. The minimum Gasteiger partial charge on any atom is -0.490 e. The maximum Gasteiger partial charge on any atom is 0.214 e. The summed E-state index contributed by atoms with van der Waals surface area (Å²) in [6.07, 6.45) is 0. The molecule has 0 saturated carbocycles. The van der Waals surface area contributed by atoms with Gasteiger partial charge in [-0.25, -0.2) is 4.68 Å². The number of rotatable bonds is 8. The molecule has 6 nitrogen and oxygen atoms in total. The number of H-pyrrole nitrogens is 1. The average molecular weight is 385 g/mol. The summed E-state index contributed by atoms with van der Waals surface area (Å²) in [6, 6.07) is 14.2. The van der Waals surface area contributed by atoms with E-state index in [0.29, 0.717) is 24.5 Å². The highest BCUT2D eigenvalue weighted by molar-refractivity contribution is 7.71. The van der Waals surface area contributed by atoms with E-state index in [2.05, 4.69) is 34.7 Å². The molecule has 27 heavy (non-hydrogen) atoms. The van der Waals surface area contributed by atoms with Crippen LogP contribution in [0.25, 0.3) is 0 Å². The predicted octanol–water partition coefficient (Wildman–Crippen LogP) is 4.28. The van der Waals surface area contributed by atoms with Gasteiger partial charge in [0.05, 0.1) is 13.2 Å². The van der Waals surface area contributed by atoms with Gasteiger partial charge in [-0.05, 0) is 61.8 Å². The zero-order valence-electron chi connectivity index (χ0n) is 15.8. The zero-order chi connectivity index (χ0) is 19.2. The molecule has 0 aliphatic heterocycles. The molecule has 1 aromatic heterocycles. The summed E-state index contributed by atoms with van der Waals surface area (Å²) in [6.45, 7) is 7.60. The lowest BCUT2D eigenvalue weighted by atomic mass is 10.1. The van der Waals surface area contributed by atoms with Gasteiger partial charge in [0.25, 0.3) is 0 Å². The standard InChI is InChI=1S/C20H24N4O2S/c1-4-25-19-11-16(12-21-24-15(3)22-23-20(24)27)9-10-18(19)26-13-17-8-6-5-7-14(17)2/h5-11,21H,4,12-13H2,1-3H3,(H,23,27). The summed E-state index contributed by atoms with van der Waals surface area (Å²) in [4.78, 5) is 0. The summed E-state index contributed by atoms with van der Waals surface area (Å²) in [5.74, 6) is 2.25. The molecule has 0 unspecified atom stereocenters. The molecular weight excluding hydrogens is 360 g/mol. The Labute approximate surface area is 164 Å². The van der Waals surface area contributed by atoms with Crippen LogP contribution in [0.4, 0.5) is 0 Å². The minimum absolute atomic E-state index is 0.508. The Morgan fingerprint density at radius 3 is 2.63 bits per heavy atom. The fraction of sp³-hybridized carbons (Fsp3) is 0.300. The van der Waals surface area contributed by atoms with Crippen LogP contribution in [0.3, 0.4) is 0 Å². The molecule has 2 N–H and O–H groups in total. The largest absolute Gasteiger partial charge is 0.490 e. The molecular formula is C20H24N4O2S. The highest BCUT2D eigenvalue weighted by atomic mass is 32.1. The monoisotopic (exact) mass is 384 g/mol. The van der Waals surface area contributed by atoms with Crippen LogP contribution in [0, 0.1) is 18.6 Å². The van der Waals surface area contributed by atoms with Gasteiger partial charge in [-0.2, -0.15) is 5.10 Å². The maximum atomic E-state index is 6.02. The van der Waals surface area contributed by atoms with Crippen LogP contribution >= 0.6 is 12.2 Å². The summed E-state index contributed by atoms with van der Waals surface area (Å²) in [5.41, 5.74) is 6.69. The molecule has 0 fully saturated rings. The Kier molecular flexibility index (Phi) is 6.13. The summed E-state index contributed by atoms with van der Waals surface area (Å²) in [5, 5.41) is 6.85. The van der Waals surface area contributed by atoms with Gasteiger partial charge < -0.3 is 14.9 Å². The first-order chi connectivity index (χ1) is 13.1. The van der Waals surface area contributed by atoms with Gasteiger partial charge in [0, 0.05) is 0 Å². The lowest BCUT2D eigenvalue weighted by molar-refractivity contribution is 0.268. The molecule has 0 bridgehead atoms. The Bertz CT molecular complexity index is 965. The number of benzene rings is 2. The Morgan fingerprint density at radius 1 is 1.11 bits per heavy atom. The van der Waals surface area contributed by atoms with Gasteiger partial charge in [0.15, 0.2) is 11.5 Å². The lowest BCUT2D eigenvalue weighted by Crippen LogP contribution is -2.16. The molecule has 0 radical (unpaired) electrons. The van der Waals surface area contributed by atoms with Crippen molar-refractivity contribution in [2.24, 2.45) is 0 Å². The molecule has 3 aromatic rings. The van der Waals surface area contributed by atoms with Crippen molar-refractivity contribution < 1.29 is 9.47 Å². The lowest BCUT2D eigenvalue weighted by Gasteiger charge is -2.15. The molecule has 0 amide bonds. The van der Waals surface area contributed by atoms with Crippen LogP contribution < -0.4 is 14.9 Å². The molecule has 0 aliphatic carbocycles.